The average Bonchev–Trinajstić information content (AvgIpc) is 2.86. The van der Waals surface area contributed by atoms with Crippen LogP contribution in [0.5, 0.6) is 0 Å². The number of aliphatic carboxylic acids is 1. The van der Waals surface area contributed by atoms with Gasteiger partial charge in [0.05, 0.1) is 12.7 Å². The van der Waals surface area contributed by atoms with Crippen molar-refractivity contribution in [3.05, 3.63) is 23.4 Å². The third-order valence-corrected chi connectivity index (χ3v) is 6.74. The largest absolute Gasteiger partial charge is 0.480 e. The first-order valence-corrected chi connectivity index (χ1v) is 14.4. The molecule has 0 spiro atoms. The van der Waals surface area contributed by atoms with Crippen LogP contribution in [0.2, 0.25) is 0 Å². The van der Waals surface area contributed by atoms with Crippen molar-refractivity contribution in [2.24, 2.45) is 5.92 Å². The van der Waals surface area contributed by atoms with Crippen molar-refractivity contribution in [1.82, 2.24) is 20.1 Å². The summed E-state index contributed by atoms with van der Waals surface area (Å²) in [6.07, 6.45) is 5.64. The molecule has 216 valence electrons. The van der Waals surface area contributed by atoms with Gasteiger partial charge in [-0.05, 0) is 90.3 Å². The molecule has 2 amide bonds. The van der Waals surface area contributed by atoms with Crippen molar-refractivity contribution < 1.29 is 19.4 Å². The predicted molar refractivity (Wildman–Crippen MR) is 153 cm³/mol. The molecule has 38 heavy (non-hydrogen) atoms. The summed E-state index contributed by atoms with van der Waals surface area (Å²) < 4.78 is 5.76. The number of amides is 2. The Balaban J connectivity index is 1.90. The van der Waals surface area contributed by atoms with E-state index >= 15 is 0 Å². The second kappa shape index (κ2) is 16.5. The molecule has 1 aromatic heterocycles. The number of pyridine rings is 1. The van der Waals surface area contributed by atoms with E-state index in [9.17, 15) is 14.7 Å². The van der Waals surface area contributed by atoms with Gasteiger partial charge in [-0.3, -0.25) is 0 Å². The number of urea groups is 1. The van der Waals surface area contributed by atoms with E-state index in [2.05, 4.69) is 27.7 Å². The molecule has 1 aliphatic heterocycles. The molecule has 1 aliphatic rings. The maximum absolute atomic E-state index is 12.9. The zero-order valence-electron chi connectivity index (χ0n) is 24.5. The van der Waals surface area contributed by atoms with E-state index in [4.69, 9.17) is 9.72 Å². The second-order valence-corrected chi connectivity index (χ2v) is 11.3. The molecule has 0 saturated heterocycles. The third-order valence-electron chi connectivity index (χ3n) is 6.74. The Bertz CT molecular complexity index is 861. The van der Waals surface area contributed by atoms with Crippen LogP contribution < -0.4 is 10.6 Å². The third kappa shape index (κ3) is 11.6. The average molecular weight is 534 g/mol. The van der Waals surface area contributed by atoms with E-state index in [1.165, 1.54) is 5.56 Å². The minimum absolute atomic E-state index is 0.00286. The van der Waals surface area contributed by atoms with Crippen LogP contribution in [0, 0.1) is 5.92 Å². The molecule has 9 nitrogen and oxygen atoms in total. The van der Waals surface area contributed by atoms with Crippen LogP contribution >= 0.6 is 0 Å². The summed E-state index contributed by atoms with van der Waals surface area (Å²) in [4.78, 5) is 33.6. The van der Waals surface area contributed by atoms with E-state index in [0.717, 1.165) is 63.3 Å². The minimum Gasteiger partial charge on any atom is -0.480 e. The second-order valence-electron chi connectivity index (χ2n) is 11.3. The fraction of sp³-hybridized carbons (Fsp3) is 0.759. The normalized spacial score (nSPS) is 14.1. The van der Waals surface area contributed by atoms with E-state index in [0.29, 0.717) is 32.0 Å². The Hall–Kier alpha value is -2.39. The number of aromatic nitrogens is 1. The van der Waals surface area contributed by atoms with Gasteiger partial charge in [-0.2, -0.15) is 0 Å². The molecule has 1 aromatic rings. The molecule has 0 bridgehead atoms. The van der Waals surface area contributed by atoms with Gasteiger partial charge in [0.2, 0.25) is 0 Å². The minimum atomic E-state index is -1.00. The fourth-order valence-corrected chi connectivity index (χ4v) is 4.63. The van der Waals surface area contributed by atoms with Crippen LogP contribution in [-0.4, -0.2) is 89.4 Å². The standard InChI is InChI=1S/C29H51N5O4/c1-21(2)20-34(22(3)4)29(37)32-26(28(35)36)14-17-33(18-19-38-23(5)6)16-8-7-11-25-13-12-24-10-9-15-30-27(24)31-25/h12-13,21-23,26H,7-11,14-20H2,1-6H3,(H,30,31)(H,32,37)(H,35,36). The van der Waals surface area contributed by atoms with Crippen LogP contribution in [-0.2, 0) is 22.4 Å². The maximum atomic E-state index is 12.9. The first-order chi connectivity index (χ1) is 18.1. The number of aryl methyl sites for hydroxylation is 2. The number of rotatable bonds is 17. The van der Waals surface area contributed by atoms with E-state index in [-0.39, 0.29) is 18.2 Å². The van der Waals surface area contributed by atoms with Crippen LogP contribution in [0.25, 0.3) is 0 Å². The van der Waals surface area contributed by atoms with Crippen LogP contribution in [0.3, 0.4) is 0 Å². The molecule has 0 fully saturated rings. The van der Waals surface area contributed by atoms with Gasteiger partial charge in [0.25, 0.3) is 0 Å². The van der Waals surface area contributed by atoms with Crippen LogP contribution in [0.4, 0.5) is 10.6 Å². The highest BCUT2D eigenvalue weighted by Gasteiger charge is 2.25. The number of carbonyl (C=O) groups excluding carboxylic acids is 1. The van der Waals surface area contributed by atoms with Gasteiger partial charge in [0, 0.05) is 37.9 Å². The maximum Gasteiger partial charge on any atom is 0.326 e. The molecule has 2 rings (SSSR count). The summed E-state index contributed by atoms with van der Waals surface area (Å²) in [5.74, 6) is 0.333. The molecule has 9 heteroatoms. The van der Waals surface area contributed by atoms with Gasteiger partial charge in [-0.1, -0.05) is 19.9 Å². The van der Waals surface area contributed by atoms with Crippen molar-refractivity contribution in [3.63, 3.8) is 0 Å². The highest BCUT2D eigenvalue weighted by molar-refractivity contribution is 5.82. The topological polar surface area (TPSA) is 107 Å². The van der Waals surface area contributed by atoms with Gasteiger partial charge in [0.1, 0.15) is 11.9 Å². The number of carboxylic acid groups (broad SMARTS) is 1. The molecule has 1 atom stereocenters. The first-order valence-electron chi connectivity index (χ1n) is 14.4. The summed E-state index contributed by atoms with van der Waals surface area (Å²) in [7, 11) is 0. The number of anilines is 1. The Labute approximate surface area is 229 Å². The summed E-state index contributed by atoms with van der Waals surface area (Å²) in [5, 5.41) is 16.0. The van der Waals surface area contributed by atoms with Gasteiger partial charge >= 0.3 is 12.0 Å². The number of carbonyl (C=O) groups is 2. The Morgan fingerprint density at radius 3 is 2.53 bits per heavy atom. The van der Waals surface area contributed by atoms with Crippen molar-refractivity contribution in [1.29, 1.82) is 0 Å². The number of hydrogen-bond donors (Lipinski definition) is 3. The van der Waals surface area contributed by atoms with E-state index in [1.54, 1.807) is 4.90 Å². The van der Waals surface area contributed by atoms with Crippen molar-refractivity contribution in [3.8, 4) is 0 Å². The van der Waals surface area contributed by atoms with Crippen molar-refractivity contribution in [2.75, 3.05) is 44.6 Å². The lowest BCUT2D eigenvalue weighted by Crippen LogP contribution is -2.52. The van der Waals surface area contributed by atoms with E-state index < -0.39 is 12.0 Å². The smallest absolute Gasteiger partial charge is 0.326 e. The molecule has 2 heterocycles. The summed E-state index contributed by atoms with van der Waals surface area (Å²) in [6.45, 7) is 16.3. The molecule has 0 radical (unpaired) electrons. The lowest BCUT2D eigenvalue weighted by atomic mass is 10.1. The summed E-state index contributed by atoms with van der Waals surface area (Å²) in [5.41, 5.74) is 2.41. The number of nitrogens with one attached hydrogen (secondary N) is 2. The fourth-order valence-electron chi connectivity index (χ4n) is 4.63. The van der Waals surface area contributed by atoms with Gasteiger partial charge < -0.3 is 30.3 Å². The number of nitrogens with zero attached hydrogens (tertiary/aromatic N) is 3. The number of fused-ring (bicyclic) bond motifs is 1. The van der Waals surface area contributed by atoms with E-state index in [1.807, 2.05) is 41.5 Å². The monoisotopic (exact) mass is 533 g/mol. The molecule has 3 N–H and O–H groups in total. The molecule has 1 unspecified atom stereocenters. The van der Waals surface area contributed by atoms with Crippen molar-refractivity contribution >= 4 is 17.8 Å². The molecular weight excluding hydrogens is 482 g/mol. The van der Waals surface area contributed by atoms with Gasteiger partial charge in [-0.15, -0.1) is 0 Å². The lowest BCUT2D eigenvalue weighted by molar-refractivity contribution is -0.139. The van der Waals surface area contributed by atoms with Crippen LogP contribution in [0.15, 0.2) is 12.1 Å². The zero-order valence-corrected chi connectivity index (χ0v) is 24.5. The highest BCUT2D eigenvalue weighted by atomic mass is 16.5. The Kier molecular flexibility index (Phi) is 13.9. The van der Waals surface area contributed by atoms with Gasteiger partial charge in [-0.25, -0.2) is 14.6 Å². The summed E-state index contributed by atoms with van der Waals surface area (Å²) >= 11 is 0. The summed E-state index contributed by atoms with van der Waals surface area (Å²) in [6, 6.07) is 3.08. The van der Waals surface area contributed by atoms with Crippen LogP contribution in [0.1, 0.15) is 78.5 Å². The first kappa shape index (κ1) is 31.8. The lowest BCUT2D eigenvalue weighted by Gasteiger charge is -2.30. The number of hydrogen-bond acceptors (Lipinski definition) is 6. The Morgan fingerprint density at radius 2 is 1.87 bits per heavy atom. The predicted octanol–water partition coefficient (Wildman–Crippen LogP) is 4.41. The Morgan fingerprint density at radius 1 is 1.11 bits per heavy atom. The number of carboxylic acids is 1. The molecule has 0 aromatic carbocycles. The van der Waals surface area contributed by atoms with Gasteiger partial charge in [0.15, 0.2) is 0 Å². The zero-order chi connectivity index (χ0) is 28.1. The highest BCUT2D eigenvalue weighted by Crippen LogP contribution is 2.20. The van der Waals surface area contributed by atoms with Crippen molar-refractivity contribution in [2.45, 2.75) is 98.3 Å². The molecule has 0 aliphatic carbocycles. The molecular formula is C29H51N5O4. The number of ether oxygens (including phenoxy) is 1. The quantitative estimate of drug-likeness (QED) is 0.255. The number of unbranched alkanes of at least 4 members (excludes halogenated alkanes) is 1. The SMILES string of the molecule is CC(C)CN(C(=O)NC(CCN(CCCCc1ccc2c(n1)NCCC2)CCOC(C)C)C(=O)O)C(C)C. The molecule has 0 saturated carbocycles.